The lowest BCUT2D eigenvalue weighted by atomic mass is 9.91. The largest absolute Gasteiger partial charge is 0.462 e. The Hall–Kier alpha value is -1.35. The summed E-state index contributed by atoms with van der Waals surface area (Å²) in [6, 6.07) is 8.07. The highest BCUT2D eigenvalue weighted by Crippen LogP contribution is 2.25. The Kier molecular flexibility index (Phi) is 3.79. The van der Waals surface area contributed by atoms with Crippen LogP contribution in [0.15, 0.2) is 24.3 Å². The summed E-state index contributed by atoms with van der Waals surface area (Å²) in [6.45, 7) is 5.46. The molecule has 1 aromatic rings. The van der Waals surface area contributed by atoms with Gasteiger partial charge in [-0.1, -0.05) is 31.2 Å². The molecule has 2 rings (SSSR count). The first-order chi connectivity index (χ1) is 8.22. The van der Waals surface area contributed by atoms with Gasteiger partial charge in [0.2, 0.25) is 0 Å². The van der Waals surface area contributed by atoms with E-state index in [1.54, 1.807) is 0 Å². The Bertz CT molecular complexity index is 403. The smallest absolute Gasteiger partial charge is 0.314 e. The monoisotopic (exact) mass is 233 g/mol. The minimum Gasteiger partial charge on any atom is -0.462 e. The molecule has 0 bridgehead atoms. The van der Waals surface area contributed by atoms with Gasteiger partial charge < -0.3 is 10.1 Å². The summed E-state index contributed by atoms with van der Waals surface area (Å²) in [5.74, 6) is -0.270. The van der Waals surface area contributed by atoms with Crippen LogP contribution in [-0.2, 0) is 16.1 Å². The Morgan fingerprint density at radius 2 is 2.29 bits per heavy atom. The van der Waals surface area contributed by atoms with Gasteiger partial charge in [-0.3, -0.25) is 4.79 Å². The average Bonchev–Trinajstić information content (AvgIpc) is 2.37. The van der Waals surface area contributed by atoms with Gasteiger partial charge in [0.25, 0.3) is 0 Å². The molecule has 1 N–H and O–H groups in total. The zero-order valence-electron chi connectivity index (χ0n) is 10.4. The molecule has 0 saturated carbocycles. The van der Waals surface area contributed by atoms with Crippen molar-refractivity contribution in [1.29, 1.82) is 0 Å². The SMILES string of the molecule is CCC(C)OC(=O)C1CNCc2ccccc21. The summed E-state index contributed by atoms with van der Waals surface area (Å²) in [5, 5.41) is 3.26. The third-order valence-electron chi connectivity index (χ3n) is 3.27. The third kappa shape index (κ3) is 2.67. The van der Waals surface area contributed by atoms with Crippen LogP contribution < -0.4 is 5.32 Å². The molecule has 17 heavy (non-hydrogen) atoms. The van der Waals surface area contributed by atoms with Crippen LogP contribution >= 0.6 is 0 Å². The van der Waals surface area contributed by atoms with Crippen LogP contribution in [0.1, 0.15) is 37.3 Å². The summed E-state index contributed by atoms with van der Waals surface area (Å²) >= 11 is 0. The number of fused-ring (bicyclic) bond motifs is 1. The van der Waals surface area contributed by atoms with Crippen LogP contribution in [0.25, 0.3) is 0 Å². The van der Waals surface area contributed by atoms with Crippen molar-refractivity contribution in [3.05, 3.63) is 35.4 Å². The molecular formula is C14H19NO2. The minimum atomic E-state index is -0.158. The fourth-order valence-corrected chi connectivity index (χ4v) is 2.07. The van der Waals surface area contributed by atoms with Crippen LogP contribution in [0, 0.1) is 0 Å². The molecule has 0 radical (unpaired) electrons. The number of carbonyl (C=O) groups excluding carboxylic acids is 1. The van der Waals surface area contributed by atoms with Crippen molar-refractivity contribution in [3.8, 4) is 0 Å². The average molecular weight is 233 g/mol. The van der Waals surface area contributed by atoms with Crippen LogP contribution in [0.5, 0.6) is 0 Å². The maximum Gasteiger partial charge on any atom is 0.314 e. The van der Waals surface area contributed by atoms with Crippen LogP contribution in [-0.4, -0.2) is 18.6 Å². The summed E-state index contributed by atoms with van der Waals surface area (Å²) in [5.41, 5.74) is 2.31. The topological polar surface area (TPSA) is 38.3 Å². The molecule has 0 fully saturated rings. The van der Waals surface area contributed by atoms with Gasteiger partial charge in [-0.25, -0.2) is 0 Å². The van der Waals surface area contributed by atoms with Crippen LogP contribution in [0.3, 0.4) is 0 Å². The van der Waals surface area contributed by atoms with Gasteiger partial charge in [-0.2, -0.15) is 0 Å². The lowest BCUT2D eigenvalue weighted by molar-refractivity contribution is -0.150. The van der Waals surface area contributed by atoms with Crippen molar-refractivity contribution < 1.29 is 9.53 Å². The van der Waals surface area contributed by atoms with E-state index in [1.807, 2.05) is 32.0 Å². The molecule has 1 aromatic carbocycles. The lowest BCUT2D eigenvalue weighted by Crippen LogP contribution is -2.34. The second-order valence-electron chi connectivity index (χ2n) is 4.54. The van der Waals surface area contributed by atoms with Gasteiger partial charge in [0.05, 0.1) is 12.0 Å². The Balaban J connectivity index is 2.15. The zero-order valence-corrected chi connectivity index (χ0v) is 10.4. The van der Waals surface area contributed by atoms with Gasteiger partial charge in [0.15, 0.2) is 0 Å². The minimum absolute atomic E-state index is 0.00316. The molecular weight excluding hydrogens is 214 g/mol. The summed E-state index contributed by atoms with van der Waals surface area (Å²) in [6.07, 6.45) is 0.852. The van der Waals surface area contributed by atoms with E-state index in [0.717, 1.165) is 18.5 Å². The van der Waals surface area contributed by atoms with Gasteiger partial charge >= 0.3 is 5.97 Å². The van der Waals surface area contributed by atoms with E-state index in [1.165, 1.54) is 5.56 Å². The van der Waals surface area contributed by atoms with Crippen molar-refractivity contribution in [2.45, 2.75) is 38.8 Å². The number of carbonyl (C=O) groups is 1. The van der Waals surface area contributed by atoms with E-state index in [-0.39, 0.29) is 18.0 Å². The Labute approximate surface area is 102 Å². The molecule has 0 amide bonds. The molecule has 0 spiro atoms. The maximum absolute atomic E-state index is 12.1. The predicted octanol–water partition coefficient (Wildman–Crippen LogP) is 2.22. The molecule has 0 aromatic heterocycles. The number of rotatable bonds is 3. The molecule has 3 nitrogen and oxygen atoms in total. The second-order valence-corrected chi connectivity index (χ2v) is 4.54. The van der Waals surface area contributed by atoms with Crippen molar-refractivity contribution in [1.82, 2.24) is 5.32 Å². The standard InChI is InChI=1S/C14H19NO2/c1-3-10(2)17-14(16)13-9-15-8-11-6-4-5-7-12(11)13/h4-7,10,13,15H,3,8-9H2,1-2H3. The maximum atomic E-state index is 12.1. The Morgan fingerprint density at radius 3 is 3.06 bits per heavy atom. The normalized spacial score (nSPS) is 20.5. The van der Waals surface area contributed by atoms with E-state index in [0.29, 0.717) is 6.54 Å². The first-order valence-corrected chi connectivity index (χ1v) is 6.21. The van der Waals surface area contributed by atoms with E-state index >= 15 is 0 Å². The van der Waals surface area contributed by atoms with Crippen molar-refractivity contribution in [2.75, 3.05) is 6.54 Å². The van der Waals surface area contributed by atoms with Crippen molar-refractivity contribution >= 4 is 5.97 Å². The van der Waals surface area contributed by atoms with E-state index in [2.05, 4.69) is 11.4 Å². The highest BCUT2D eigenvalue weighted by Gasteiger charge is 2.27. The molecule has 0 saturated heterocycles. The molecule has 2 unspecified atom stereocenters. The number of ether oxygens (including phenoxy) is 1. The molecule has 0 aliphatic carbocycles. The van der Waals surface area contributed by atoms with E-state index < -0.39 is 0 Å². The number of esters is 1. The summed E-state index contributed by atoms with van der Waals surface area (Å²) < 4.78 is 5.42. The van der Waals surface area contributed by atoms with Gasteiger partial charge in [0.1, 0.15) is 0 Å². The molecule has 2 atom stereocenters. The van der Waals surface area contributed by atoms with Gasteiger partial charge in [0, 0.05) is 13.1 Å². The number of hydrogen-bond acceptors (Lipinski definition) is 3. The fourth-order valence-electron chi connectivity index (χ4n) is 2.07. The highest BCUT2D eigenvalue weighted by molar-refractivity contribution is 5.79. The highest BCUT2D eigenvalue weighted by atomic mass is 16.5. The lowest BCUT2D eigenvalue weighted by Gasteiger charge is -2.26. The number of benzene rings is 1. The molecule has 1 aliphatic rings. The van der Waals surface area contributed by atoms with Crippen molar-refractivity contribution in [3.63, 3.8) is 0 Å². The zero-order chi connectivity index (χ0) is 12.3. The van der Waals surface area contributed by atoms with Gasteiger partial charge in [-0.15, -0.1) is 0 Å². The van der Waals surface area contributed by atoms with Crippen molar-refractivity contribution in [2.24, 2.45) is 0 Å². The van der Waals surface area contributed by atoms with E-state index in [9.17, 15) is 4.79 Å². The molecule has 3 heteroatoms. The second kappa shape index (κ2) is 5.32. The molecule has 1 aliphatic heterocycles. The first kappa shape index (κ1) is 12.1. The third-order valence-corrected chi connectivity index (χ3v) is 3.27. The molecule has 1 heterocycles. The van der Waals surface area contributed by atoms with Crippen LogP contribution in [0.2, 0.25) is 0 Å². The van der Waals surface area contributed by atoms with Gasteiger partial charge in [-0.05, 0) is 24.5 Å². The predicted molar refractivity (Wildman–Crippen MR) is 66.7 cm³/mol. The quantitative estimate of drug-likeness (QED) is 0.813. The molecule has 92 valence electrons. The number of nitrogens with one attached hydrogen (secondary N) is 1. The summed E-state index contributed by atoms with van der Waals surface area (Å²) in [7, 11) is 0. The van der Waals surface area contributed by atoms with E-state index in [4.69, 9.17) is 4.74 Å². The number of hydrogen-bond donors (Lipinski definition) is 1. The summed E-state index contributed by atoms with van der Waals surface area (Å²) in [4.78, 5) is 12.1. The van der Waals surface area contributed by atoms with Crippen LogP contribution in [0.4, 0.5) is 0 Å². The fraction of sp³-hybridized carbons (Fsp3) is 0.500. The Morgan fingerprint density at radius 1 is 1.53 bits per heavy atom. The first-order valence-electron chi connectivity index (χ1n) is 6.21.